The molecule has 17 heavy (non-hydrogen) atoms. The van der Waals surface area contributed by atoms with Crippen molar-refractivity contribution in [2.45, 2.75) is 58.9 Å². The summed E-state index contributed by atoms with van der Waals surface area (Å²) in [6, 6.07) is 5.04. The Kier molecular flexibility index (Phi) is 3.58. The Morgan fingerprint density at radius 2 is 1.65 bits per heavy atom. The van der Waals surface area contributed by atoms with Crippen molar-refractivity contribution < 1.29 is 0 Å². The van der Waals surface area contributed by atoms with Crippen LogP contribution in [0.2, 0.25) is 0 Å². The fourth-order valence-electron chi connectivity index (χ4n) is 3.14. The summed E-state index contributed by atoms with van der Waals surface area (Å²) in [4.78, 5) is 0. The molecule has 1 heteroatoms. The standard InChI is InChI=1S/C16H25N/c1-10-5-6-16(17)15(7-10)14-9-12(3)11(2)8-13(14)4/h8-10,15-16H,5-7,17H2,1-4H3. The number of nitrogens with two attached hydrogens (primary N) is 1. The van der Waals surface area contributed by atoms with E-state index in [1.165, 1.54) is 41.5 Å². The van der Waals surface area contributed by atoms with Crippen LogP contribution in [0.4, 0.5) is 0 Å². The van der Waals surface area contributed by atoms with Gasteiger partial charge >= 0.3 is 0 Å². The minimum absolute atomic E-state index is 0.354. The van der Waals surface area contributed by atoms with E-state index in [1.54, 1.807) is 0 Å². The van der Waals surface area contributed by atoms with E-state index in [4.69, 9.17) is 5.73 Å². The first-order valence-electron chi connectivity index (χ1n) is 6.82. The van der Waals surface area contributed by atoms with Gasteiger partial charge in [-0.3, -0.25) is 0 Å². The smallest absolute Gasteiger partial charge is 0.0108 e. The van der Waals surface area contributed by atoms with E-state index in [-0.39, 0.29) is 0 Å². The molecule has 1 aliphatic rings. The zero-order valence-electron chi connectivity index (χ0n) is 11.6. The highest BCUT2D eigenvalue weighted by molar-refractivity contribution is 5.39. The molecule has 0 aliphatic heterocycles. The molecule has 94 valence electrons. The SMILES string of the molecule is Cc1cc(C)c(C2CC(C)CCC2N)cc1C. The second-order valence-electron chi connectivity index (χ2n) is 5.98. The predicted octanol–water partition coefficient (Wildman–Crippen LogP) is 3.84. The second kappa shape index (κ2) is 4.81. The molecular formula is C16H25N. The Labute approximate surface area is 105 Å². The van der Waals surface area contributed by atoms with E-state index < -0.39 is 0 Å². The van der Waals surface area contributed by atoms with Crippen molar-refractivity contribution in [3.8, 4) is 0 Å². The lowest BCUT2D eigenvalue weighted by molar-refractivity contribution is 0.305. The summed E-state index contributed by atoms with van der Waals surface area (Å²) < 4.78 is 0. The van der Waals surface area contributed by atoms with Crippen molar-refractivity contribution in [3.63, 3.8) is 0 Å². The third-order valence-electron chi connectivity index (χ3n) is 4.45. The van der Waals surface area contributed by atoms with Gasteiger partial charge < -0.3 is 5.73 Å². The van der Waals surface area contributed by atoms with E-state index in [0.29, 0.717) is 12.0 Å². The first kappa shape index (κ1) is 12.6. The zero-order chi connectivity index (χ0) is 12.6. The molecule has 0 heterocycles. The largest absolute Gasteiger partial charge is 0.327 e. The maximum atomic E-state index is 6.33. The first-order valence-corrected chi connectivity index (χ1v) is 6.82. The molecule has 1 aromatic carbocycles. The summed E-state index contributed by atoms with van der Waals surface area (Å²) >= 11 is 0. The molecule has 1 nitrogen and oxygen atoms in total. The van der Waals surface area contributed by atoms with Crippen molar-refractivity contribution in [1.29, 1.82) is 0 Å². The normalized spacial score (nSPS) is 29.4. The van der Waals surface area contributed by atoms with Gasteiger partial charge in [0, 0.05) is 6.04 Å². The van der Waals surface area contributed by atoms with Gasteiger partial charge in [0.2, 0.25) is 0 Å². The molecule has 1 fully saturated rings. The van der Waals surface area contributed by atoms with E-state index >= 15 is 0 Å². The van der Waals surface area contributed by atoms with Crippen LogP contribution in [0.1, 0.15) is 54.4 Å². The number of hydrogen-bond donors (Lipinski definition) is 1. The van der Waals surface area contributed by atoms with Gasteiger partial charge in [-0.25, -0.2) is 0 Å². The maximum absolute atomic E-state index is 6.33. The molecule has 0 amide bonds. The highest BCUT2D eigenvalue weighted by atomic mass is 14.7. The molecule has 0 spiro atoms. The molecule has 1 aromatic rings. The van der Waals surface area contributed by atoms with Gasteiger partial charge in [-0.05, 0) is 74.1 Å². The van der Waals surface area contributed by atoms with Crippen molar-refractivity contribution in [2.75, 3.05) is 0 Å². The summed E-state index contributed by atoms with van der Waals surface area (Å²) in [7, 11) is 0. The van der Waals surface area contributed by atoms with Crippen molar-refractivity contribution in [1.82, 2.24) is 0 Å². The molecule has 0 radical (unpaired) electrons. The van der Waals surface area contributed by atoms with E-state index in [0.717, 1.165) is 5.92 Å². The topological polar surface area (TPSA) is 26.0 Å². The van der Waals surface area contributed by atoms with Gasteiger partial charge in [0.25, 0.3) is 0 Å². The monoisotopic (exact) mass is 231 g/mol. The van der Waals surface area contributed by atoms with Gasteiger partial charge in [-0.2, -0.15) is 0 Å². The van der Waals surface area contributed by atoms with Gasteiger partial charge in [0.15, 0.2) is 0 Å². The zero-order valence-corrected chi connectivity index (χ0v) is 11.6. The fraction of sp³-hybridized carbons (Fsp3) is 0.625. The number of aryl methyl sites for hydroxylation is 3. The van der Waals surface area contributed by atoms with Crippen LogP contribution in [0.5, 0.6) is 0 Å². The lowest BCUT2D eigenvalue weighted by atomic mass is 9.74. The molecule has 3 atom stereocenters. The summed E-state index contributed by atoms with van der Waals surface area (Å²) in [6.45, 7) is 8.98. The number of rotatable bonds is 1. The maximum Gasteiger partial charge on any atom is 0.0108 e. The average Bonchev–Trinajstić information content (AvgIpc) is 2.27. The first-order chi connectivity index (χ1) is 7.99. The molecule has 2 N–H and O–H groups in total. The summed E-state index contributed by atoms with van der Waals surface area (Å²) in [5, 5.41) is 0. The Morgan fingerprint density at radius 1 is 1.00 bits per heavy atom. The minimum Gasteiger partial charge on any atom is -0.327 e. The summed E-state index contributed by atoms with van der Waals surface area (Å²) in [6.07, 6.45) is 3.73. The van der Waals surface area contributed by atoms with Gasteiger partial charge in [-0.1, -0.05) is 19.1 Å². The molecule has 3 unspecified atom stereocenters. The third kappa shape index (κ3) is 2.55. The number of hydrogen-bond acceptors (Lipinski definition) is 1. The van der Waals surface area contributed by atoms with Crippen molar-refractivity contribution >= 4 is 0 Å². The molecular weight excluding hydrogens is 206 g/mol. The molecule has 1 aliphatic carbocycles. The Bertz CT molecular complexity index is 408. The Hall–Kier alpha value is -0.820. The van der Waals surface area contributed by atoms with Crippen LogP contribution in [-0.2, 0) is 0 Å². The fourth-order valence-corrected chi connectivity index (χ4v) is 3.14. The van der Waals surface area contributed by atoms with Crippen LogP contribution in [0.3, 0.4) is 0 Å². The quantitative estimate of drug-likeness (QED) is 0.780. The Balaban J connectivity index is 2.35. The van der Waals surface area contributed by atoms with E-state index in [1.807, 2.05) is 0 Å². The molecule has 0 saturated heterocycles. The van der Waals surface area contributed by atoms with Gasteiger partial charge in [0.05, 0.1) is 0 Å². The van der Waals surface area contributed by atoms with Crippen molar-refractivity contribution in [3.05, 3.63) is 34.4 Å². The number of benzene rings is 1. The second-order valence-corrected chi connectivity index (χ2v) is 5.98. The van der Waals surface area contributed by atoms with Crippen LogP contribution in [0.25, 0.3) is 0 Å². The van der Waals surface area contributed by atoms with Gasteiger partial charge in [-0.15, -0.1) is 0 Å². The van der Waals surface area contributed by atoms with Crippen molar-refractivity contribution in [2.24, 2.45) is 11.7 Å². The third-order valence-corrected chi connectivity index (χ3v) is 4.45. The average molecular weight is 231 g/mol. The highest BCUT2D eigenvalue weighted by Gasteiger charge is 2.28. The minimum atomic E-state index is 0.354. The molecule has 0 aromatic heterocycles. The lowest BCUT2D eigenvalue weighted by Crippen LogP contribution is -2.34. The Morgan fingerprint density at radius 3 is 2.35 bits per heavy atom. The van der Waals surface area contributed by atoms with Crippen LogP contribution in [-0.4, -0.2) is 6.04 Å². The predicted molar refractivity (Wildman–Crippen MR) is 74.4 cm³/mol. The molecule has 1 saturated carbocycles. The molecule has 0 bridgehead atoms. The van der Waals surface area contributed by atoms with E-state index in [2.05, 4.69) is 39.8 Å². The molecule has 2 rings (SSSR count). The summed E-state index contributed by atoms with van der Waals surface area (Å²) in [5.41, 5.74) is 12.0. The van der Waals surface area contributed by atoms with Crippen LogP contribution < -0.4 is 5.73 Å². The highest BCUT2D eigenvalue weighted by Crippen LogP contribution is 2.37. The van der Waals surface area contributed by atoms with Gasteiger partial charge in [0.1, 0.15) is 0 Å². The van der Waals surface area contributed by atoms with Crippen LogP contribution >= 0.6 is 0 Å². The van der Waals surface area contributed by atoms with Crippen LogP contribution in [0.15, 0.2) is 12.1 Å². The lowest BCUT2D eigenvalue weighted by Gasteiger charge is -2.34. The van der Waals surface area contributed by atoms with Crippen LogP contribution in [0, 0.1) is 26.7 Å². The van der Waals surface area contributed by atoms with E-state index in [9.17, 15) is 0 Å². The summed E-state index contributed by atoms with van der Waals surface area (Å²) in [5.74, 6) is 1.39.